The molecule has 0 aliphatic heterocycles. The Kier molecular flexibility index (Phi) is 6.29. The van der Waals surface area contributed by atoms with Crippen molar-refractivity contribution in [3.63, 3.8) is 0 Å². The summed E-state index contributed by atoms with van der Waals surface area (Å²) < 4.78 is 15.5. The van der Waals surface area contributed by atoms with Crippen LogP contribution in [-0.4, -0.2) is 25.9 Å². The Balaban J connectivity index is 1.57. The van der Waals surface area contributed by atoms with Gasteiger partial charge in [-0.1, -0.05) is 5.16 Å². The Bertz CT molecular complexity index is 1100. The van der Waals surface area contributed by atoms with E-state index in [0.29, 0.717) is 11.1 Å². The smallest absolute Gasteiger partial charge is 0.347 e. The van der Waals surface area contributed by atoms with Crippen LogP contribution in [-0.2, 0) is 21.0 Å². The van der Waals surface area contributed by atoms with Crippen LogP contribution in [0.25, 0.3) is 11.0 Å². The molecule has 0 N–H and O–H groups in total. The molecule has 150 valence electrons. The number of rotatable bonds is 7. The van der Waals surface area contributed by atoms with Crippen LogP contribution in [0.4, 0.5) is 0 Å². The average Bonchev–Trinajstić information content (AvgIpc) is 2.71. The van der Waals surface area contributed by atoms with Gasteiger partial charge in [-0.3, -0.25) is 0 Å². The third-order valence-electron chi connectivity index (χ3n) is 4.41. The quantitative estimate of drug-likeness (QED) is 0.263. The van der Waals surface area contributed by atoms with E-state index in [-0.39, 0.29) is 13.2 Å². The van der Waals surface area contributed by atoms with Gasteiger partial charge in [0.05, 0.1) is 13.3 Å². The van der Waals surface area contributed by atoms with Gasteiger partial charge < -0.3 is 18.7 Å². The van der Waals surface area contributed by atoms with Gasteiger partial charge in [-0.05, 0) is 66.9 Å². The molecule has 0 fully saturated rings. The van der Waals surface area contributed by atoms with E-state index in [1.165, 1.54) is 12.3 Å². The van der Waals surface area contributed by atoms with E-state index in [1.54, 1.807) is 37.4 Å². The molecule has 0 saturated heterocycles. The molecule has 0 atom stereocenters. The van der Waals surface area contributed by atoms with Crippen molar-refractivity contribution in [1.82, 2.24) is 0 Å². The second-order valence-corrected chi connectivity index (χ2v) is 6.47. The van der Waals surface area contributed by atoms with Crippen LogP contribution in [0, 0.1) is 13.8 Å². The molecule has 1 aromatic heterocycles. The van der Waals surface area contributed by atoms with Crippen molar-refractivity contribution >= 4 is 23.2 Å². The van der Waals surface area contributed by atoms with Crippen LogP contribution in [0.1, 0.15) is 22.3 Å². The molecule has 0 aliphatic carbocycles. The van der Waals surface area contributed by atoms with Crippen molar-refractivity contribution in [2.45, 2.75) is 20.5 Å². The maximum atomic E-state index is 11.9. The predicted octanol–water partition coefficient (Wildman–Crippen LogP) is 3.51. The molecule has 7 nitrogen and oxygen atoms in total. The number of ether oxygens (including phenoxy) is 2. The summed E-state index contributed by atoms with van der Waals surface area (Å²) in [4.78, 5) is 28.7. The summed E-state index contributed by atoms with van der Waals surface area (Å²) >= 11 is 0. The number of fused-ring (bicyclic) bond motifs is 1. The summed E-state index contributed by atoms with van der Waals surface area (Å²) in [6, 6.07) is 12.2. The topological polar surface area (TPSA) is 87.3 Å². The van der Waals surface area contributed by atoms with Crippen LogP contribution in [0.2, 0.25) is 0 Å². The number of carbonyl (C=O) groups excluding carboxylic acids is 1. The summed E-state index contributed by atoms with van der Waals surface area (Å²) in [5.74, 6) is 0.140. The summed E-state index contributed by atoms with van der Waals surface area (Å²) in [7, 11) is 1.59. The second-order valence-electron chi connectivity index (χ2n) is 6.47. The maximum Gasteiger partial charge on any atom is 0.347 e. The zero-order valence-corrected chi connectivity index (χ0v) is 16.4. The Morgan fingerprint density at radius 3 is 2.55 bits per heavy atom. The summed E-state index contributed by atoms with van der Waals surface area (Å²) in [5.41, 5.74) is 3.41. The van der Waals surface area contributed by atoms with Crippen LogP contribution in [0.15, 0.2) is 56.8 Å². The first kappa shape index (κ1) is 20.1. The van der Waals surface area contributed by atoms with E-state index in [2.05, 4.69) is 5.16 Å². The Labute approximate surface area is 167 Å². The highest BCUT2D eigenvalue weighted by Crippen LogP contribution is 2.22. The fraction of sp³-hybridized carbons (Fsp3) is 0.227. The molecule has 0 bridgehead atoms. The highest BCUT2D eigenvalue weighted by molar-refractivity contribution is 5.82. The van der Waals surface area contributed by atoms with Gasteiger partial charge in [-0.25, -0.2) is 9.59 Å². The third-order valence-corrected chi connectivity index (χ3v) is 4.41. The molecule has 2 aromatic carbocycles. The lowest BCUT2D eigenvalue weighted by Gasteiger charge is -2.09. The molecule has 0 saturated carbocycles. The van der Waals surface area contributed by atoms with Crippen molar-refractivity contribution in [2.24, 2.45) is 5.16 Å². The maximum absolute atomic E-state index is 11.9. The summed E-state index contributed by atoms with van der Waals surface area (Å²) in [6.07, 6.45) is 1.48. The molecule has 0 aliphatic rings. The van der Waals surface area contributed by atoms with Gasteiger partial charge in [0.15, 0.2) is 0 Å². The van der Waals surface area contributed by atoms with Gasteiger partial charge >= 0.3 is 11.6 Å². The molecule has 1 heterocycles. The predicted molar refractivity (Wildman–Crippen MR) is 108 cm³/mol. The summed E-state index contributed by atoms with van der Waals surface area (Å²) in [6.45, 7) is 3.49. The third kappa shape index (κ3) is 5.22. The molecule has 29 heavy (non-hydrogen) atoms. The first-order chi connectivity index (χ1) is 14.0. The molecule has 3 aromatic rings. The van der Waals surface area contributed by atoms with Gasteiger partial charge in [0.2, 0.25) is 6.61 Å². The zero-order valence-electron chi connectivity index (χ0n) is 16.4. The van der Waals surface area contributed by atoms with E-state index < -0.39 is 11.6 Å². The van der Waals surface area contributed by atoms with Crippen molar-refractivity contribution in [1.29, 1.82) is 0 Å². The molecular formula is C22H21NO6. The lowest BCUT2D eigenvalue weighted by molar-refractivity contribution is -0.150. The van der Waals surface area contributed by atoms with Gasteiger partial charge in [0.1, 0.15) is 17.9 Å². The standard InChI is InChI=1S/C22H21NO6/c1-14-8-19-17(10-21(24)29-20(19)9-15(14)2)12-27-22(25)13-28-23-11-16-4-6-18(26-3)7-5-16/h4-11H,12-13H2,1-3H3/b23-11-. The van der Waals surface area contributed by atoms with Crippen LogP contribution < -0.4 is 10.4 Å². The van der Waals surface area contributed by atoms with Crippen molar-refractivity contribution < 1.29 is 23.5 Å². The first-order valence-corrected chi connectivity index (χ1v) is 8.95. The van der Waals surface area contributed by atoms with E-state index in [9.17, 15) is 9.59 Å². The number of oxime groups is 1. The average molecular weight is 395 g/mol. The van der Waals surface area contributed by atoms with Crippen molar-refractivity contribution in [3.8, 4) is 5.75 Å². The molecule has 7 heteroatoms. The minimum atomic E-state index is -0.595. The highest BCUT2D eigenvalue weighted by Gasteiger charge is 2.10. The highest BCUT2D eigenvalue weighted by atomic mass is 16.6. The van der Waals surface area contributed by atoms with Crippen molar-refractivity contribution in [3.05, 3.63) is 75.1 Å². The fourth-order valence-electron chi connectivity index (χ4n) is 2.68. The minimum Gasteiger partial charge on any atom is -0.497 e. The Hall–Kier alpha value is -3.61. The second kappa shape index (κ2) is 9.05. The van der Waals surface area contributed by atoms with Crippen LogP contribution in [0.5, 0.6) is 5.75 Å². The monoisotopic (exact) mass is 395 g/mol. The van der Waals surface area contributed by atoms with Crippen LogP contribution in [0.3, 0.4) is 0 Å². The lowest BCUT2D eigenvalue weighted by atomic mass is 10.0. The van der Waals surface area contributed by atoms with Crippen molar-refractivity contribution in [2.75, 3.05) is 13.7 Å². The minimum absolute atomic E-state index is 0.0605. The zero-order chi connectivity index (χ0) is 20.8. The number of methoxy groups -OCH3 is 1. The lowest BCUT2D eigenvalue weighted by Crippen LogP contribution is -2.12. The molecule has 0 amide bonds. The van der Waals surface area contributed by atoms with E-state index in [4.69, 9.17) is 18.7 Å². The number of esters is 1. The van der Waals surface area contributed by atoms with E-state index in [1.807, 2.05) is 19.9 Å². The first-order valence-electron chi connectivity index (χ1n) is 8.95. The van der Waals surface area contributed by atoms with Gasteiger partial charge in [0.25, 0.3) is 0 Å². The fourth-order valence-corrected chi connectivity index (χ4v) is 2.68. The molecule has 0 unspecified atom stereocenters. The Morgan fingerprint density at radius 2 is 1.83 bits per heavy atom. The summed E-state index contributed by atoms with van der Waals surface area (Å²) in [5, 5.41) is 4.48. The number of nitrogens with zero attached hydrogens (tertiary/aromatic N) is 1. The molecule has 3 rings (SSSR count). The van der Waals surface area contributed by atoms with Gasteiger partial charge in [-0.15, -0.1) is 0 Å². The number of benzene rings is 2. The number of hydrogen-bond donors (Lipinski definition) is 0. The van der Waals surface area contributed by atoms with Gasteiger partial charge in [-0.2, -0.15) is 0 Å². The van der Waals surface area contributed by atoms with Gasteiger partial charge in [0, 0.05) is 17.0 Å². The van der Waals surface area contributed by atoms with E-state index in [0.717, 1.165) is 27.8 Å². The Morgan fingerprint density at radius 1 is 1.10 bits per heavy atom. The van der Waals surface area contributed by atoms with E-state index >= 15 is 0 Å². The molecular weight excluding hydrogens is 374 g/mol. The molecule has 0 spiro atoms. The van der Waals surface area contributed by atoms with Crippen LogP contribution >= 0.6 is 0 Å². The molecule has 0 radical (unpaired) electrons. The number of hydrogen-bond acceptors (Lipinski definition) is 7. The SMILES string of the molecule is COc1ccc(/C=N\OCC(=O)OCc2cc(=O)oc3cc(C)c(C)cc23)cc1. The number of aryl methyl sites for hydroxylation is 2. The normalized spacial score (nSPS) is 11.0. The largest absolute Gasteiger partial charge is 0.497 e. The number of carbonyl (C=O) groups is 1.